The van der Waals surface area contributed by atoms with Gasteiger partial charge in [-0.1, -0.05) is 102 Å². The third-order valence-electron chi connectivity index (χ3n) is 5.83. The van der Waals surface area contributed by atoms with Crippen LogP contribution in [0.3, 0.4) is 0 Å². The van der Waals surface area contributed by atoms with Crippen molar-refractivity contribution in [3.05, 3.63) is 90.3 Å². The van der Waals surface area contributed by atoms with Gasteiger partial charge in [-0.25, -0.2) is 0 Å². The minimum absolute atomic E-state index is 0.780. The first-order valence-corrected chi connectivity index (χ1v) is 15.2. The number of benzene rings is 1. The predicted octanol–water partition coefficient (Wildman–Crippen LogP) is 10.6. The minimum Gasteiger partial charge on any atom is -0.320 e. The zero-order valence-electron chi connectivity index (χ0n) is 27.7. The molecule has 224 valence electrons. The average Bonchev–Trinajstić information content (AvgIpc) is 3.29. The van der Waals surface area contributed by atoms with Crippen LogP contribution in [0.1, 0.15) is 115 Å². The lowest BCUT2D eigenvalue weighted by molar-refractivity contribution is 0.634. The summed E-state index contributed by atoms with van der Waals surface area (Å²) in [5.74, 6) is 0.780. The summed E-state index contributed by atoms with van der Waals surface area (Å²) < 4.78 is 2.10. The van der Waals surface area contributed by atoms with E-state index in [1.807, 2.05) is 13.1 Å². The lowest BCUT2D eigenvalue weighted by Gasteiger charge is -2.09. The van der Waals surface area contributed by atoms with E-state index in [1.54, 1.807) is 0 Å². The highest BCUT2D eigenvalue weighted by Gasteiger charge is 2.05. The van der Waals surface area contributed by atoms with Crippen LogP contribution in [0, 0.1) is 26.7 Å². The summed E-state index contributed by atoms with van der Waals surface area (Å²) in [6.07, 6.45) is 16.3. The molecule has 0 atom stereocenters. The second-order valence-corrected chi connectivity index (χ2v) is 10.2. The zero-order valence-corrected chi connectivity index (χ0v) is 27.7. The first-order chi connectivity index (χ1) is 18.7. The quantitative estimate of drug-likeness (QED) is 0.215. The molecule has 0 aliphatic heterocycles. The Hall–Kier alpha value is -2.39. The fourth-order valence-electron chi connectivity index (χ4n) is 3.44. The molecule has 3 nitrogen and oxygen atoms in total. The molecule has 0 fully saturated rings. The van der Waals surface area contributed by atoms with Crippen molar-refractivity contribution in [2.45, 2.75) is 120 Å². The van der Waals surface area contributed by atoms with Gasteiger partial charge in [-0.15, -0.1) is 19.7 Å². The normalized spacial score (nSPS) is 9.82. The van der Waals surface area contributed by atoms with Gasteiger partial charge in [0.1, 0.15) is 0 Å². The molecule has 2 rings (SSSR count). The van der Waals surface area contributed by atoms with E-state index in [0.717, 1.165) is 25.3 Å². The maximum atomic E-state index is 4.61. The van der Waals surface area contributed by atoms with Crippen molar-refractivity contribution < 1.29 is 0 Å². The largest absolute Gasteiger partial charge is 0.320 e. The van der Waals surface area contributed by atoms with E-state index in [0.29, 0.717) is 0 Å². The van der Waals surface area contributed by atoms with Gasteiger partial charge in [0.15, 0.2) is 0 Å². The standard InChI is InChI=1S/C15H20N2.C7H17N.2C6H12.C2H4/c1-5-15-9-13(4)17(16-15)10-14-8-11(2)6-7-12(14)3;1-3-4-5-6-7-8-2;1-4-5-6(2)3;1-3-5-6-4-2;1-2/h6-9H,5,10H2,1-4H3;8H,3-7H2,1-2H3;4,6H,1,5H2,2-3H3;3,5H,4,6H2,1-2H3;1-2H2/b;;;5-3-;. The van der Waals surface area contributed by atoms with E-state index >= 15 is 0 Å². The highest BCUT2D eigenvalue weighted by molar-refractivity contribution is 5.31. The van der Waals surface area contributed by atoms with E-state index in [-0.39, 0.29) is 0 Å². The number of hydrogen-bond acceptors (Lipinski definition) is 2. The van der Waals surface area contributed by atoms with E-state index in [4.69, 9.17) is 0 Å². The minimum atomic E-state index is 0.780. The monoisotopic (exact) mass is 540 g/mol. The highest BCUT2D eigenvalue weighted by atomic mass is 15.3. The molecule has 0 spiro atoms. The van der Waals surface area contributed by atoms with Gasteiger partial charge in [0.25, 0.3) is 0 Å². The van der Waals surface area contributed by atoms with Crippen molar-refractivity contribution in [3.8, 4) is 0 Å². The van der Waals surface area contributed by atoms with Crippen molar-refractivity contribution >= 4 is 0 Å². The maximum absolute atomic E-state index is 4.61. The van der Waals surface area contributed by atoms with Crippen LogP contribution in [0.15, 0.2) is 62.2 Å². The van der Waals surface area contributed by atoms with Crippen molar-refractivity contribution in [2.75, 3.05) is 13.6 Å². The summed E-state index contributed by atoms with van der Waals surface area (Å²) in [6, 6.07) is 8.77. The molecule has 1 aromatic heterocycles. The Labute approximate surface area is 244 Å². The molecule has 2 aromatic rings. The summed E-state index contributed by atoms with van der Waals surface area (Å²) in [5, 5.41) is 7.74. The Morgan fingerprint density at radius 1 is 0.974 bits per heavy atom. The fraction of sp³-hybridized carbons (Fsp3) is 0.583. The molecule has 0 unspecified atom stereocenters. The van der Waals surface area contributed by atoms with Crippen LogP contribution in [0.4, 0.5) is 0 Å². The van der Waals surface area contributed by atoms with Crippen molar-refractivity contribution in [3.63, 3.8) is 0 Å². The first kappa shape index (κ1) is 41.1. The second-order valence-electron chi connectivity index (χ2n) is 10.2. The van der Waals surface area contributed by atoms with Gasteiger partial charge in [-0.05, 0) is 90.1 Å². The van der Waals surface area contributed by atoms with Gasteiger partial charge in [-0.2, -0.15) is 5.10 Å². The number of nitrogens with zero attached hydrogens (tertiary/aromatic N) is 2. The second kappa shape index (κ2) is 30.2. The van der Waals surface area contributed by atoms with Crippen LogP contribution in [0.25, 0.3) is 0 Å². The number of aryl methyl sites for hydroxylation is 4. The number of nitrogens with one attached hydrogen (secondary N) is 1. The fourth-order valence-corrected chi connectivity index (χ4v) is 3.44. The lowest BCUT2D eigenvalue weighted by atomic mass is 10.1. The smallest absolute Gasteiger partial charge is 0.0665 e. The van der Waals surface area contributed by atoms with Gasteiger partial charge in [0.05, 0.1) is 12.2 Å². The topological polar surface area (TPSA) is 29.9 Å². The van der Waals surface area contributed by atoms with Crippen molar-refractivity contribution in [1.29, 1.82) is 0 Å². The molecular weight excluding hydrogens is 474 g/mol. The van der Waals surface area contributed by atoms with Gasteiger partial charge < -0.3 is 5.32 Å². The third-order valence-corrected chi connectivity index (χ3v) is 5.83. The predicted molar refractivity (Wildman–Crippen MR) is 180 cm³/mol. The maximum Gasteiger partial charge on any atom is 0.0665 e. The molecular formula is C36H65N3. The molecule has 0 saturated carbocycles. The number of hydrogen-bond donors (Lipinski definition) is 1. The van der Waals surface area contributed by atoms with Gasteiger partial charge in [-0.3, -0.25) is 4.68 Å². The number of rotatable bonds is 12. The zero-order chi connectivity index (χ0) is 30.5. The third kappa shape index (κ3) is 25.6. The Kier molecular flexibility index (Phi) is 31.8. The highest BCUT2D eigenvalue weighted by Crippen LogP contribution is 2.14. The summed E-state index contributed by atoms with van der Waals surface area (Å²) in [4.78, 5) is 0. The lowest BCUT2D eigenvalue weighted by Crippen LogP contribution is -2.06. The summed E-state index contributed by atoms with van der Waals surface area (Å²) in [7, 11) is 2.01. The van der Waals surface area contributed by atoms with Crippen LogP contribution >= 0.6 is 0 Å². The number of aromatic nitrogens is 2. The van der Waals surface area contributed by atoms with Crippen LogP contribution < -0.4 is 5.32 Å². The van der Waals surface area contributed by atoms with E-state index in [2.05, 4.69) is 134 Å². The van der Waals surface area contributed by atoms with Crippen LogP contribution in [-0.4, -0.2) is 23.4 Å². The number of allylic oxidation sites excluding steroid dienone is 3. The van der Waals surface area contributed by atoms with Gasteiger partial charge >= 0.3 is 0 Å². The molecule has 1 N–H and O–H groups in total. The number of unbranched alkanes of at least 4 members (excludes halogenated alkanes) is 4. The molecule has 0 bridgehead atoms. The Morgan fingerprint density at radius 3 is 2.05 bits per heavy atom. The molecule has 0 aliphatic rings. The Balaban J connectivity index is -0.000000495. The summed E-state index contributed by atoms with van der Waals surface area (Å²) in [5.41, 5.74) is 6.42. The molecule has 1 heterocycles. The van der Waals surface area contributed by atoms with Crippen LogP contribution in [0.5, 0.6) is 0 Å². The van der Waals surface area contributed by atoms with E-state index in [9.17, 15) is 0 Å². The van der Waals surface area contributed by atoms with Crippen molar-refractivity contribution in [2.24, 2.45) is 5.92 Å². The molecule has 0 amide bonds. The van der Waals surface area contributed by atoms with E-state index in [1.165, 1.54) is 73.1 Å². The summed E-state index contributed by atoms with van der Waals surface area (Å²) in [6.45, 7) is 31.0. The molecule has 0 saturated heterocycles. The Morgan fingerprint density at radius 2 is 1.64 bits per heavy atom. The van der Waals surface area contributed by atoms with Crippen LogP contribution in [-0.2, 0) is 13.0 Å². The first-order valence-electron chi connectivity index (χ1n) is 15.2. The molecule has 39 heavy (non-hydrogen) atoms. The SMILES string of the molecule is C/C=C\CCC.C=C.C=CCC(C)C.CCCCCCNC.CCc1cc(C)n(Cc2cc(C)ccc2C)n1. The average molecular weight is 540 g/mol. The van der Waals surface area contributed by atoms with Gasteiger partial charge in [0, 0.05) is 5.69 Å². The Bertz CT molecular complexity index is 824. The van der Waals surface area contributed by atoms with E-state index < -0.39 is 0 Å². The van der Waals surface area contributed by atoms with Crippen molar-refractivity contribution in [1.82, 2.24) is 15.1 Å². The summed E-state index contributed by atoms with van der Waals surface area (Å²) >= 11 is 0. The van der Waals surface area contributed by atoms with Crippen LogP contribution in [0.2, 0.25) is 0 Å². The molecule has 0 aliphatic carbocycles. The molecule has 3 heteroatoms. The van der Waals surface area contributed by atoms with Gasteiger partial charge in [0.2, 0.25) is 0 Å². The molecule has 1 aromatic carbocycles. The molecule has 0 radical (unpaired) electrons.